The molecule has 1 N–H and O–H groups in total. The summed E-state index contributed by atoms with van der Waals surface area (Å²) in [6.45, 7) is 5.09. The maximum absolute atomic E-state index is 5.26. The van der Waals surface area contributed by atoms with E-state index in [1.807, 2.05) is 13.1 Å². The van der Waals surface area contributed by atoms with Crippen LogP contribution < -0.4 is 5.32 Å². The summed E-state index contributed by atoms with van der Waals surface area (Å²) in [5.41, 5.74) is 2.31. The van der Waals surface area contributed by atoms with E-state index < -0.39 is 0 Å². The molecule has 16 heavy (non-hydrogen) atoms. The molecule has 0 spiro atoms. The van der Waals surface area contributed by atoms with Gasteiger partial charge in [0.05, 0.1) is 0 Å². The quantitative estimate of drug-likeness (QED) is 0.584. The van der Waals surface area contributed by atoms with Crippen LogP contribution in [0.25, 0.3) is 0 Å². The zero-order valence-electron chi connectivity index (χ0n) is 10.2. The van der Waals surface area contributed by atoms with Crippen LogP contribution in [0.1, 0.15) is 43.5 Å². The molecule has 2 heteroatoms. The zero-order valence-corrected chi connectivity index (χ0v) is 10.2. The largest absolute Gasteiger partial charge is 0.310 e. The van der Waals surface area contributed by atoms with Gasteiger partial charge in [-0.15, -0.1) is 12.3 Å². The van der Waals surface area contributed by atoms with E-state index in [1.54, 1.807) is 0 Å². The van der Waals surface area contributed by atoms with Crippen LogP contribution in [0.5, 0.6) is 0 Å². The van der Waals surface area contributed by atoms with E-state index in [0.717, 1.165) is 31.5 Å². The second-order valence-corrected chi connectivity index (χ2v) is 3.94. The third-order valence-corrected chi connectivity index (χ3v) is 2.60. The molecule has 2 nitrogen and oxygen atoms in total. The van der Waals surface area contributed by atoms with Crippen molar-refractivity contribution < 1.29 is 0 Å². The first kappa shape index (κ1) is 12.7. The summed E-state index contributed by atoms with van der Waals surface area (Å²) < 4.78 is 0. The summed E-state index contributed by atoms with van der Waals surface area (Å²) in [6, 6.07) is 4.58. The minimum atomic E-state index is 0.381. The lowest BCUT2D eigenvalue weighted by atomic mass is 10.0. The number of terminal acetylenes is 1. The fourth-order valence-electron chi connectivity index (χ4n) is 1.73. The Morgan fingerprint density at radius 3 is 2.88 bits per heavy atom. The number of hydrogen-bond donors (Lipinski definition) is 1. The Labute approximate surface area is 98.5 Å². The number of pyridine rings is 1. The summed E-state index contributed by atoms with van der Waals surface area (Å²) >= 11 is 0. The van der Waals surface area contributed by atoms with Gasteiger partial charge in [0, 0.05) is 24.4 Å². The Bertz CT molecular complexity index is 335. The Balaban J connectivity index is 2.62. The standard InChI is InChI=1S/C14H20N2/c1-4-6-7-8-14(15-5-2)13-10-9-12(3)16-11-13/h1,9-11,14-15H,5-8H2,2-3H3. The number of rotatable bonds is 6. The van der Waals surface area contributed by atoms with Crippen LogP contribution in [0.3, 0.4) is 0 Å². The molecule has 1 aromatic heterocycles. The summed E-state index contributed by atoms with van der Waals surface area (Å²) in [6.07, 6.45) is 10.2. The summed E-state index contributed by atoms with van der Waals surface area (Å²) in [4.78, 5) is 4.33. The molecule has 0 aromatic carbocycles. The molecule has 0 bridgehead atoms. The molecule has 0 saturated carbocycles. The molecular weight excluding hydrogens is 196 g/mol. The lowest BCUT2D eigenvalue weighted by Gasteiger charge is -2.17. The predicted octanol–water partition coefficient (Wildman–Crippen LogP) is 2.84. The molecule has 1 rings (SSSR count). The van der Waals surface area contributed by atoms with Crippen LogP contribution >= 0.6 is 0 Å². The number of nitrogens with one attached hydrogen (secondary N) is 1. The zero-order chi connectivity index (χ0) is 11.8. The van der Waals surface area contributed by atoms with Crippen LogP contribution in [0.2, 0.25) is 0 Å². The second kappa shape index (κ2) is 7.03. The molecule has 0 aliphatic rings. The Morgan fingerprint density at radius 1 is 1.50 bits per heavy atom. The monoisotopic (exact) mass is 216 g/mol. The topological polar surface area (TPSA) is 24.9 Å². The first-order valence-electron chi connectivity index (χ1n) is 5.87. The third kappa shape index (κ3) is 4.04. The van der Waals surface area contributed by atoms with Crippen LogP contribution in [0.4, 0.5) is 0 Å². The lowest BCUT2D eigenvalue weighted by Crippen LogP contribution is -2.21. The second-order valence-electron chi connectivity index (χ2n) is 3.94. The lowest BCUT2D eigenvalue weighted by molar-refractivity contribution is 0.500. The molecule has 0 aliphatic carbocycles. The maximum Gasteiger partial charge on any atom is 0.0372 e. The molecule has 1 heterocycles. The maximum atomic E-state index is 5.26. The van der Waals surface area contributed by atoms with Gasteiger partial charge in [-0.05, 0) is 37.9 Å². The summed E-state index contributed by atoms with van der Waals surface area (Å²) in [5.74, 6) is 2.68. The molecule has 0 fully saturated rings. The number of aryl methyl sites for hydroxylation is 1. The van der Waals surface area contributed by atoms with Gasteiger partial charge in [0.15, 0.2) is 0 Å². The molecule has 1 aromatic rings. The van der Waals surface area contributed by atoms with Gasteiger partial charge in [0.2, 0.25) is 0 Å². The smallest absolute Gasteiger partial charge is 0.0372 e. The highest BCUT2D eigenvalue weighted by atomic mass is 14.9. The molecule has 1 unspecified atom stereocenters. The van der Waals surface area contributed by atoms with E-state index in [9.17, 15) is 0 Å². The molecule has 0 saturated heterocycles. The van der Waals surface area contributed by atoms with Crippen molar-refractivity contribution in [2.45, 2.75) is 39.2 Å². The molecule has 0 aliphatic heterocycles. The van der Waals surface area contributed by atoms with E-state index in [1.165, 1.54) is 5.56 Å². The Hall–Kier alpha value is -1.33. The van der Waals surface area contributed by atoms with Crippen molar-refractivity contribution in [2.24, 2.45) is 0 Å². The van der Waals surface area contributed by atoms with E-state index in [2.05, 4.69) is 35.3 Å². The van der Waals surface area contributed by atoms with Gasteiger partial charge in [-0.25, -0.2) is 0 Å². The van der Waals surface area contributed by atoms with Crippen molar-refractivity contribution in [1.82, 2.24) is 10.3 Å². The van der Waals surface area contributed by atoms with E-state index in [0.29, 0.717) is 6.04 Å². The van der Waals surface area contributed by atoms with Crippen molar-refractivity contribution >= 4 is 0 Å². The first-order valence-corrected chi connectivity index (χ1v) is 5.87. The van der Waals surface area contributed by atoms with Crippen LogP contribution in [-0.2, 0) is 0 Å². The van der Waals surface area contributed by atoms with Crippen molar-refractivity contribution in [3.05, 3.63) is 29.6 Å². The molecule has 0 amide bonds. The molecule has 86 valence electrons. The molecule has 0 radical (unpaired) electrons. The fourth-order valence-corrected chi connectivity index (χ4v) is 1.73. The van der Waals surface area contributed by atoms with Gasteiger partial charge in [-0.1, -0.05) is 13.0 Å². The van der Waals surface area contributed by atoms with Gasteiger partial charge in [0.1, 0.15) is 0 Å². The van der Waals surface area contributed by atoms with E-state index in [4.69, 9.17) is 6.42 Å². The molecular formula is C14H20N2. The van der Waals surface area contributed by atoms with Crippen LogP contribution in [-0.4, -0.2) is 11.5 Å². The van der Waals surface area contributed by atoms with Crippen molar-refractivity contribution in [3.63, 3.8) is 0 Å². The number of nitrogens with zero attached hydrogens (tertiary/aromatic N) is 1. The number of hydrogen-bond acceptors (Lipinski definition) is 2. The number of aromatic nitrogens is 1. The Morgan fingerprint density at radius 2 is 2.31 bits per heavy atom. The highest BCUT2D eigenvalue weighted by Gasteiger charge is 2.09. The third-order valence-electron chi connectivity index (χ3n) is 2.60. The highest BCUT2D eigenvalue weighted by Crippen LogP contribution is 2.18. The fraction of sp³-hybridized carbons (Fsp3) is 0.500. The minimum absolute atomic E-state index is 0.381. The van der Waals surface area contributed by atoms with E-state index in [-0.39, 0.29) is 0 Å². The van der Waals surface area contributed by atoms with Crippen LogP contribution in [0, 0.1) is 19.3 Å². The van der Waals surface area contributed by atoms with Crippen molar-refractivity contribution in [1.29, 1.82) is 0 Å². The normalized spacial score (nSPS) is 12.1. The average Bonchev–Trinajstić information content (AvgIpc) is 2.29. The summed E-state index contributed by atoms with van der Waals surface area (Å²) in [5, 5.41) is 3.47. The van der Waals surface area contributed by atoms with Gasteiger partial charge in [0.25, 0.3) is 0 Å². The highest BCUT2D eigenvalue weighted by molar-refractivity contribution is 5.17. The SMILES string of the molecule is C#CCCCC(NCC)c1ccc(C)nc1. The van der Waals surface area contributed by atoms with E-state index >= 15 is 0 Å². The predicted molar refractivity (Wildman–Crippen MR) is 68.1 cm³/mol. The van der Waals surface area contributed by atoms with Gasteiger partial charge in [-0.3, -0.25) is 4.98 Å². The average molecular weight is 216 g/mol. The van der Waals surface area contributed by atoms with Crippen molar-refractivity contribution in [3.8, 4) is 12.3 Å². The van der Waals surface area contributed by atoms with Gasteiger partial charge < -0.3 is 5.32 Å². The van der Waals surface area contributed by atoms with Crippen molar-refractivity contribution in [2.75, 3.05) is 6.54 Å². The summed E-state index contributed by atoms with van der Waals surface area (Å²) in [7, 11) is 0. The Kier molecular flexibility index (Phi) is 5.60. The van der Waals surface area contributed by atoms with Gasteiger partial charge >= 0.3 is 0 Å². The van der Waals surface area contributed by atoms with Crippen LogP contribution in [0.15, 0.2) is 18.3 Å². The van der Waals surface area contributed by atoms with Gasteiger partial charge in [-0.2, -0.15) is 0 Å². The molecule has 1 atom stereocenters. The number of unbranched alkanes of at least 4 members (excludes halogenated alkanes) is 1. The minimum Gasteiger partial charge on any atom is -0.310 e. The first-order chi connectivity index (χ1) is 7.77.